The van der Waals surface area contributed by atoms with Gasteiger partial charge in [-0.15, -0.1) is 5.53 Å². The van der Waals surface area contributed by atoms with Crippen LogP contribution in [0.3, 0.4) is 0 Å². The lowest BCUT2D eigenvalue weighted by Crippen LogP contribution is -2.86. The Labute approximate surface area is 154 Å². The number of ether oxygens (including phenoxy) is 1. The second kappa shape index (κ2) is 6.91. The molecule has 27 heavy (non-hydrogen) atoms. The quantitative estimate of drug-likeness (QED) is 0.641. The number of aliphatic hydroxyl groups is 1. The highest BCUT2D eigenvalue weighted by molar-refractivity contribution is 5.96. The lowest BCUT2D eigenvalue weighted by Gasteiger charge is -2.14. The fraction of sp³-hybridized carbons (Fsp3) is 0.235. The minimum Gasteiger partial charge on any atom is -0.441 e. The number of carbonyl (C=O) groups is 1. The van der Waals surface area contributed by atoms with Crippen LogP contribution in [0.2, 0.25) is 0 Å². The van der Waals surface area contributed by atoms with Crippen molar-refractivity contribution >= 4 is 17.6 Å². The highest BCUT2D eigenvalue weighted by Gasteiger charge is 2.32. The molecule has 1 amide bonds. The monoisotopic (exact) mass is 373 g/mol. The molecule has 3 heterocycles. The van der Waals surface area contributed by atoms with E-state index in [1.807, 2.05) is 7.05 Å². The summed E-state index contributed by atoms with van der Waals surface area (Å²) in [6.07, 6.45) is 0.376. The first-order valence-corrected chi connectivity index (χ1v) is 8.31. The molecule has 140 valence electrons. The number of nitrogens with zero attached hydrogens (tertiary/aromatic N) is 4. The fourth-order valence-corrected chi connectivity index (χ4v) is 2.92. The normalized spacial score (nSPS) is 19.8. The molecule has 0 radical (unpaired) electrons. The van der Waals surface area contributed by atoms with Crippen LogP contribution in [0.15, 0.2) is 41.6 Å². The second-order valence-corrected chi connectivity index (χ2v) is 6.21. The molecule has 0 bridgehead atoms. The van der Waals surface area contributed by atoms with E-state index in [9.17, 15) is 9.18 Å². The molecule has 4 rings (SSSR count). The Morgan fingerprint density at radius 2 is 2.26 bits per heavy atom. The molecular weight excluding hydrogens is 355 g/mol. The molecule has 4 N–H and O–H groups in total. The number of anilines is 1. The zero-order valence-electron chi connectivity index (χ0n) is 14.5. The summed E-state index contributed by atoms with van der Waals surface area (Å²) in [4.78, 5) is 17.5. The van der Waals surface area contributed by atoms with Gasteiger partial charge >= 0.3 is 6.09 Å². The summed E-state index contributed by atoms with van der Waals surface area (Å²) >= 11 is 0. The number of carbonyl (C=O) groups excluding carboxylic acids is 1. The molecule has 10 heteroatoms. The molecule has 2 aliphatic heterocycles. The van der Waals surface area contributed by atoms with Crippen LogP contribution >= 0.6 is 0 Å². The Morgan fingerprint density at radius 3 is 2.85 bits per heavy atom. The van der Waals surface area contributed by atoms with Gasteiger partial charge in [-0.2, -0.15) is 0 Å². The number of rotatable bonds is 4. The van der Waals surface area contributed by atoms with Gasteiger partial charge in [0.2, 0.25) is 5.84 Å². The number of hydrogen-bond donors (Lipinski definition) is 3. The Kier molecular flexibility index (Phi) is 4.44. The molecule has 1 saturated heterocycles. The molecule has 1 atom stereocenters. The van der Waals surface area contributed by atoms with E-state index in [4.69, 9.17) is 9.84 Å². The number of benzene rings is 1. The molecule has 2 aromatic rings. The maximum Gasteiger partial charge on any atom is 0.414 e. The number of nitrogens with one attached hydrogen (secondary N) is 1. The van der Waals surface area contributed by atoms with E-state index in [0.717, 1.165) is 0 Å². The van der Waals surface area contributed by atoms with Crippen LogP contribution in [0.1, 0.15) is 5.69 Å². The highest BCUT2D eigenvalue weighted by atomic mass is 19.1. The van der Waals surface area contributed by atoms with Crippen LogP contribution in [0.25, 0.3) is 11.1 Å². The van der Waals surface area contributed by atoms with Crippen molar-refractivity contribution in [2.24, 2.45) is 5.10 Å². The molecule has 1 aromatic carbocycles. The number of aliphatic hydroxyl groups excluding tert-OH is 1. The van der Waals surface area contributed by atoms with Gasteiger partial charge in [0.05, 0.1) is 25.9 Å². The Hall–Kier alpha value is -3.08. The van der Waals surface area contributed by atoms with Crippen molar-refractivity contribution in [1.29, 1.82) is 0 Å². The topological polar surface area (TPSA) is 107 Å². The van der Waals surface area contributed by atoms with E-state index in [2.05, 4.69) is 15.5 Å². The number of amidine groups is 1. The molecule has 2 aliphatic rings. The number of nitrogens with two attached hydrogens (primary N) is 1. The number of pyridine rings is 1. The smallest absolute Gasteiger partial charge is 0.414 e. The zero-order chi connectivity index (χ0) is 19.0. The van der Waals surface area contributed by atoms with E-state index in [0.29, 0.717) is 28.3 Å². The van der Waals surface area contributed by atoms with Crippen molar-refractivity contribution in [2.75, 3.05) is 25.1 Å². The lowest BCUT2D eigenvalue weighted by atomic mass is 10.1. The maximum absolute atomic E-state index is 14.6. The summed E-state index contributed by atoms with van der Waals surface area (Å²) in [6.45, 7) is -0.0839. The molecule has 1 fully saturated rings. The average Bonchev–Trinajstić information content (AvgIpc) is 3.27. The second-order valence-electron chi connectivity index (χ2n) is 6.21. The van der Waals surface area contributed by atoms with Gasteiger partial charge in [0.15, 0.2) is 0 Å². The number of quaternary nitrogens is 1. The minimum atomic E-state index is -0.598. The minimum absolute atomic E-state index is 0.185. The van der Waals surface area contributed by atoms with Gasteiger partial charge in [-0.1, -0.05) is 6.07 Å². The van der Waals surface area contributed by atoms with Gasteiger partial charge in [-0.05, 0) is 34.5 Å². The van der Waals surface area contributed by atoms with E-state index < -0.39 is 18.0 Å². The number of amides is 1. The summed E-state index contributed by atoms with van der Waals surface area (Å²) in [5, 5.41) is 15.0. The number of aromatic nitrogens is 1. The summed E-state index contributed by atoms with van der Waals surface area (Å²) in [6, 6.07) is 8.02. The van der Waals surface area contributed by atoms with Crippen LogP contribution in [0.5, 0.6) is 0 Å². The molecule has 1 aromatic heterocycles. The molecule has 0 spiro atoms. The largest absolute Gasteiger partial charge is 0.441 e. The third kappa shape index (κ3) is 3.33. The fourth-order valence-electron chi connectivity index (χ4n) is 2.92. The van der Waals surface area contributed by atoms with Gasteiger partial charge in [0, 0.05) is 17.3 Å². The average molecular weight is 373 g/mol. The number of cyclic esters (lactones) is 1. The van der Waals surface area contributed by atoms with Crippen molar-refractivity contribution in [3.63, 3.8) is 0 Å². The standard InChI is InChI=1S/C17H17FN6O3/c1-23-21-16(20-22-23)15-5-2-10(7-19-15)13-4-3-11(6-14(13)18)24-8-12(9-25)27-17(24)26/h2-7,12,22,25H,8-9H2,1H3,(H,20,21)/p+1/t12-/m1/s1. The Bertz CT molecular complexity index is 904. The molecule has 0 saturated carbocycles. The first kappa shape index (κ1) is 17.3. The van der Waals surface area contributed by atoms with Gasteiger partial charge in [-0.25, -0.2) is 9.18 Å². The molecule has 0 aliphatic carbocycles. The van der Waals surface area contributed by atoms with E-state index in [1.165, 1.54) is 11.0 Å². The predicted octanol–water partition coefficient (Wildman–Crippen LogP) is -0.205. The number of halogens is 1. The van der Waals surface area contributed by atoms with Crippen LogP contribution in [-0.4, -0.2) is 53.4 Å². The zero-order valence-corrected chi connectivity index (χ0v) is 14.5. The summed E-state index contributed by atoms with van der Waals surface area (Å²) in [5.41, 5.74) is 6.65. The molecule has 0 unspecified atom stereocenters. The molecule has 9 nitrogen and oxygen atoms in total. The third-order valence-corrected chi connectivity index (χ3v) is 4.30. The van der Waals surface area contributed by atoms with Crippen molar-refractivity contribution in [3.05, 3.63) is 48.0 Å². The number of hydrazine groups is 1. The van der Waals surface area contributed by atoms with Crippen molar-refractivity contribution in [1.82, 2.24) is 15.5 Å². The highest BCUT2D eigenvalue weighted by Crippen LogP contribution is 2.28. The summed E-state index contributed by atoms with van der Waals surface area (Å²) < 4.78 is 19.6. The van der Waals surface area contributed by atoms with Crippen LogP contribution in [0, 0.1) is 5.82 Å². The maximum atomic E-state index is 14.6. The van der Waals surface area contributed by atoms with Gasteiger partial charge in [-0.3, -0.25) is 15.3 Å². The van der Waals surface area contributed by atoms with Gasteiger partial charge < -0.3 is 9.84 Å². The van der Waals surface area contributed by atoms with Crippen LogP contribution in [0.4, 0.5) is 14.9 Å². The van der Waals surface area contributed by atoms with Crippen LogP contribution in [-0.2, 0) is 4.74 Å². The van der Waals surface area contributed by atoms with Crippen molar-refractivity contribution in [3.8, 4) is 11.1 Å². The van der Waals surface area contributed by atoms with Gasteiger partial charge in [0.25, 0.3) is 0 Å². The first-order valence-electron chi connectivity index (χ1n) is 8.31. The lowest BCUT2D eigenvalue weighted by molar-refractivity contribution is -0.803. The van der Waals surface area contributed by atoms with E-state index in [1.54, 1.807) is 41.1 Å². The Morgan fingerprint density at radius 1 is 1.41 bits per heavy atom. The SMILES string of the molecule is CN1NC(c2ccc(-c3ccc(N4C[C@H](CO)OC4=O)cc3F)cn2)=N[NH2+]1. The molecular formula is C17H18FN6O3+. The first-order chi connectivity index (χ1) is 13.0. The summed E-state index contributed by atoms with van der Waals surface area (Å²) in [7, 11) is 1.82. The third-order valence-electron chi connectivity index (χ3n) is 4.30. The van der Waals surface area contributed by atoms with Crippen molar-refractivity contribution < 1.29 is 24.6 Å². The summed E-state index contributed by atoms with van der Waals surface area (Å²) in [5.74, 6) is 0.137. The van der Waals surface area contributed by atoms with E-state index in [-0.39, 0.29) is 13.2 Å². The van der Waals surface area contributed by atoms with Crippen molar-refractivity contribution in [2.45, 2.75) is 6.10 Å². The Balaban J connectivity index is 1.55. The van der Waals surface area contributed by atoms with Crippen LogP contribution < -0.4 is 15.9 Å². The number of hydrogen-bond acceptors (Lipinski definition) is 7. The van der Waals surface area contributed by atoms with Gasteiger partial charge in [0.1, 0.15) is 17.6 Å². The van der Waals surface area contributed by atoms with E-state index >= 15 is 0 Å². The predicted molar refractivity (Wildman–Crippen MR) is 93.7 cm³/mol.